The first-order valence-electron chi connectivity index (χ1n) is 6.07. The van der Waals surface area contributed by atoms with E-state index in [1.165, 1.54) is 6.07 Å². The van der Waals surface area contributed by atoms with Gasteiger partial charge in [0.15, 0.2) is 0 Å². The Bertz CT molecular complexity index is 489. The molecule has 0 saturated heterocycles. The first-order chi connectivity index (χ1) is 9.18. The van der Waals surface area contributed by atoms with Crippen LogP contribution in [0.15, 0.2) is 18.2 Å². The predicted octanol–water partition coefficient (Wildman–Crippen LogP) is 2.55. The van der Waals surface area contributed by atoms with E-state index in [0.29, 0.717) is 12.2 Å². The predicted molar refractivity (Wildman–Crippen MR) is 76.9 cm³/mol. The van der Waals surface area contributed by atoms with Crippen molar-refractivity contribution in [3.8, 4) is 0 Å². The fourth-order valence-corrected chi connectivity index (χ4v) is 2.09. The van der Waals surface area contributed by atoms with Crippen molar-refractivity contribution in [1.29, 1.82) is 0 Å². The average Bonchev–Trinajstić information content (AvgIpc) is 2.33. The van der Waals surface area contributed by atoms with Crippen molar-refractivity contribution in [2.45, 2.75) is 26.1 Å². The summed E-state index contributed by atoms with van der Waals surface area (Å²) in [5.41, 5.74) is 5.40. The fourth-order valence-electron chi connectivity index (χ4n) is 1.92. The topological polar surface area (TPSA) is 49.5 Å². The van der Waals surface area contributed by atoms with Gasteiger partial charge in [-0.05, 0) is 32.0 Å². The Hall–Kier alpha value is -1.34. The van der Waals surface area contributed by atoms with Crippen molar-refractivity contribution in [1.82, 2.24) is 0 Å². The summed E-state index contributed by atoms with van der Waals surface area (Å²) in [5.74, 6) is 0. The Morgan fingerprint density at radius 3 is 2.40 bits per heavy atom. The molecule has 0 spiro atoms. The highest BCUT2D eigenvalue weighted by molar-refractivity contribution is 7.80. The summed E-state index contributed by atoms with van der Waals surface area (Å²) < 4.78 is 38.2. The van der Waals surface area contributed by atoms with Crippen molar-refractivity contribution in [3.05, 3.63) is 29.3 Å². The van der Waals surface area contributed by atoms with Gasteiger partial charge in [-0.3, -0.25) is 0 Å². The number of alkyl halides is 3. The van der Waals surface area contributed by atoms with Gasteiger partial charge in [-0.15, -0.1) is 0 Å². The monoisotopic (exact) mass is 306 g/mol. The first-order valence-corrected chi connectivity index (χ1v) is 6.47. The molecule has 0 unspecified atom stereocenters. The second-order valence-electron chi connectivity index (χ2n) is 4.60. The van der Waals surface area contributed by atoms with Gasteiger partial charge in [-0.2, -0.15) is 13.2 Å². The van der Waals surface area contributed by atoms with E-state index in [9.17, 15) is 13.2 Å². The molecule has 3 N–H and O–H groups in total. The van der Waals surface area contributed by atoms with E-state index < -0.39 is 11.7 Å². The number of hydrogen-bond acceptors (Lipinski definition) is 3. The third-order valence-corrected chi connectivity index (χ3v) is 3.08. The molecular formula is C13H17F3N2OS. The summed E-state index contributed by atoms with van der Waals surface area (Å²) in [6.45, 7) is 3.92. The quantitative estimate of drug-likeness (QED) is 0.821. The SMILES string of the molecule is CC(C)N(CCO)c1ccc(C(F)(F)F)cc1C(N)=S. The van der Waals surface area contributed by atoms with Gasteiger partial charge in [0.25, 0.3) is 0 Å². The molecule has 7 heteroatoms. The molecule has 1 rings (SSSR count). The van der Waals surface area contributed by atoms with Gasteiger partial charge in [0.05, 0.1) is 12.2 Å². The minimum Gasteiger partial charge on any atom is -0.395 e. The van der Waals surface area contributed by atoms with Crippen LogP contribution in [0.1, 0.15) is 25.0 Å². The molecule has 20 heavy (non-hydrogen) atoms. The number of aliphatic hydroxyl groups is 1. The van der Waals surface area contributed by atoms with E-state index in [2.05, 4.69) is 0 Å². The lowest BCUT2D eigenvalue weighted by atomic mass is 10.1. The van der Waals surface area contributed by atoms with E-state index >= 15 is 0 Å². The molecule has 0 bridgehead atoms. The number of hydrogen-bond donors (Lipinski definition) is 2. The summed E-state index contributed by atoms with van der Waals surface area (Å²) in [4.78, 5) is 1.66. The zero-order valence-electron chi connectivity index (χ0n) is 11.2. The molecule has 0 aliphatic rings. The minimum atomic E-state index is -4.45. The molecule has 0 aliphatic carbocycles. The standard InChI is InChI=1S/C13H17F3N2OS/c1-8(2)18(5-6-19)11-4-3-9(13(14,15)16)7-10(11)12(17)20/h3-4,7-8,19H,5-6H2,1-2H3,(H2,17,20). The summed E-state index contributed by atoms with van der Waals surface area (Å²) in [6.07, 6.45) is -4.45. The summed E-state index contributed by atoms with van der Waals surface area (Å²) >= 11 is 4.84. The number of anilines is 1. The maximum atomic E-state index is 12.7. The largest absolute Gasteiger partial charge is 0.416 e. The van der Waals surface area contributed by atoms with Crippen molar-refractivity contribution in [2.75, 3.05) is 18.1 Å². The fraction of sp³-hybridized carbons (Fsp3) is 0.462. The second-order valence-corrected chi connectivity index (χ2v) is 5.04. The van der Waals surface area contributed by atoms with E-state index in [1.807, 2.05) is 13.8 Å². The number of rotatable bonds is 5. The van der Waals surface area contributed by atoms with Crippen LogP contribution in [-0.2, 0) is 6.18 Å². The molecule has 112 valence electrons. The molecule has 0 heterocycles. The molecule has 0 atom stereocenters. The van der Waals surface area contributed by atoms with E-state index in [1.54, 1.807) is 4.90 Å². The third kappa shape index (κ3) is 3.83. The van der Waals surface area contributed by atoms with Gasteiger partial charge >= 0.3 is 6.18 Å². The summed E-state index contributed by atoms with van der Waals surface area (Å²) in [7, 11) is 0. The molecule has 3 nitrogen and oxygen atoms in total. The summed E-state index contributed by atoms with van der Waals surface area (Å²) in [6, 6.07) is 3.27. The van der Waals surface area contributed by atoms with Crippen molar-refractivity contribution in [2.24, 2.45) is 5.73 Å². The molecular weight excluding hydrogens is 289 g/mol. The first kappa shape index (κ1) is 16.7. The molecule has 1 aromatic carbocycles. The number of nitrogens with two attached hydrogens (primary N) is 1. The van der Waals surface area contributed by atoms with Gasteiger partial charge in [-0.1, -0.05) is 12.2 Å². The van der Waals surface area contributed by atoms with E-state index in [0.717, 1.165) is 12.1 Å². The van der Waals surface area contributed by atoms with E-state index in [-0.39, 0.29) is 23.2 Å². The van der Waals surface area contributed by atoms with Crippen LogP contribution in [0.5, 0.6) is 0 Å². The van der Waals surface area contributed by atoms with Crippen molar-refractivity contribution in [3.63, 3.8) is 0 Å². The Morgan fingerprint density at radius 1 is 1.40 bits per heavy atom. The van der Waals surface area contributed by atoms with E-state index in [4.69, 9.17) is 23.1 Å². The molecule has 1 aromatic rings. The Labute approximate surface area is 121 Å². The van der Waals surface area contributed by atoms with Gasteiger partial charge in [-0.25, -0.2) is 0 Å². The highest BCUT2D eigenvalue weighted by Crippen LogP contribution is 2.33. The van der Waals surface area contributed by atoms with Crippen LogP contribution in [-0.4, -0.2) is 29.3 Å². The van der Waals surface area contributed by atoms with Crippen LogP contribution in [0, 0.1) is 0 Å². The van der Waals surface area contributed by atoms with Gasteiger partial charge in [0.1, 0.15) is 4.99 Å². The lowest BCUT2D eigenvalue weighted by Crippen LogP contribution is -2.35. The molecule has 0 radical (unpaired) electrons. The average molecular weight is 306 g/mol. The Balaban J connectivity index is 3.36. The Morgan fingerprint density at radius 2 is 2.00 bits per heavy atom. The van der Waals surface area contributed by atoms with Crippen LogP contribution in [0.4, 0.5) is 18.9 Å². The Kier molecular flexibility index (Phi) is 5.35. The maximum Gasteiger partial charge on any atom is 0.416 e. The maximum absolute atomic E-state index is 12.7. The van der Waals surface area contributed by atoms with Crippen LogP contribution in [0.3, 0.4) is 0 Å². The smallest absolute Gasteiger partial charge is 0.395 e. The number of nitrogens with zero attached hydrogens (tertiary/aromatic N) is 1. The molecule has 0 fully saturated rings. The lowest BCUT2D eigenvalue weighted by Gasteiger charge is -2.30. The van der Waals surface area contributed by atoms with Crippen LogP contribution in [0.25, 0.3) is 0 Å². The van der Waals surface area contributed by atoms with Crippen molar-refractivity contribution < 1.29 is 18.3 Å². The number of thiocarbonyl (C=S) groups is 1. The zero-order valence-corrected chi connectivity index (χ0v) is 12.1. The van der Waals surface area contributed by atoms with Gasteiger partial charge in [0.2, 0.25) is 0 Å². The molecule has 0 aromatic heterocycles. The number of aliphatic hydroxyl groups excluding tert-OH is 1. The number of benzene rings is 1. The van der Waals surface area contributed by atoms with Crippen LogP contribution < -0.4 is 10.6 Å². The third-order valence-electron chi connectivity index (χ3n) is 2.86. The second kappa shape index (κ2) is 6.41. The lowest BCUT2D eigenvalue weighted by molar-refractivity contribution is -0.137. The molecule has 0 amide bonds. The number of halogens is 3. The van der Waals surface area contributed by atoms with Crippen molar-refractivity contribution >= 4 is 22.9 Å². The highest BCUT2D eigenvalue weighted by Gasteiger charge is 2.31. The zero-order chi connectivity index (χ0) is 15.5. The summed E-state index contributed by atoms with van der Waals surface area (Å²) in [5, 5.41) is 9.07. The minimum absolute atomic E-state index is 0.00742. The van der Waals surface area contributed by atoms with Crippen LogP contribution >= 0.6 is 12.2 Å². The highest BCUT2D eigenvalue weighted by atomic mass is 32.1. The van der Waals surface area contributed by atoms with Crippen LogP contribution in [0.2, 0.25) is 0 Å². The molecule has 0 saturated carbocycles. The van der Waals surface area contributed by atoms with Gasteiger partial charge in [0, 0.05) is 23.8 Å². The molecule has 0 aliphatic heterocycles. The normalized spacial score (nSPS) is 11.8. The van der Waals surface area contributed by atoms with Gasteiger partial charge < -0.3 is 15.7 Å².